The lowest BCUT2D eigenvalue weighted by Crippen LogP contribution is -1.91. The molecule has 54 valence electrons. The molecule has 0 aliphatic rings. The van der Waals surface area contributed by atoms with Crippen molar-refractivity contribution in [3.8, 4) is 0 Å². The maximum Gasteiger partial charge on any atom is 0.213 e. The molecule has 0 spiro atoms. The number of nitrogens with zero attached hydrogens (tertiary/aromatic N) is 1. The molecule has 1 aromatic rings. The van der Waals surface area contributed by atoms with Crippen LogP contribution in [0.4, 0.5) is 8.78 Å². The van der Waals surface area contributed by atoms with E-state index in [1.54, 1.807) is 22.6 Å². The van der Waals surface area contributed by atoms with E-state index in [0.717, 1.165) is 6.07 Å². The van der Waals surface area contributed by atoms with Crippen LogP contribution >= 0.6 is 22.6 Å². The van der Waals surface area contributed by atoms with Crippen LogP contribution in [0.3, 0.4) is 0 Å². The fourth-order valence-electron chi connectivity index (χ4n) is 0.541. The van der Waals surface area contributed by atoms with Crippen molar-refractivity contribution in [2.45, 2.75) is 6.67 Å². The Morgan fingerprint density at radius 1 is 1.50 bits per heavy atom. The highest BCUT2D eigenvalue weighted by molar-refractivity contribution is 14.1. The van der Waals surface area contributed by atoms with E-state index in [1.165, 1.54) is 6.07 Å². The van der Waals surface area contributed by atoms with Gasteiger partial charge in [0.25, 0.3) is 0 Å². The lowest BCUT2D eigenvalue weighted by Gasteiger charge is -1.95. The van der Waals surface area contributed by atoms with Gasteiger partial charge in [0.15, 0.2) is 0 Å². The Balaban J connectivity index is 3.07. The maximum atomic E-state index is 12.2. The number of halogens is 3. The predicted molar refractivity (Wildman–Crippen MR) is 41.7 cm³/mol. The molecule has 0 unspecified atom stereocenters. The second kappa shape index (κ2) is 3.23. The van der Waals surface area contributed by atoms with Crippen LogP contribution in [0.25, 0.3) is 0 Å². The largest absolute Gasteiger partial charge is 0.246 e. The molecule has 0 aliphatic carbocycles. The lowest BCUT2D eigenvalue weighted by atomic mass is 10.3. The number of alkyl halides is 1. The standard InChI is InChI=1S/C6H4F2IN/c7-3-4-1-2-5(8)10-6(4)9/h1-2H,3H2. The maximum absolute atomic E-state index is 12.2. The van der Waals surface area contributed by atoms with E-state index in [0.29, 0.717) is 9.26 Å². The van der Waals surface area contributed by atoms with Gasteiger partial charge in [0, 0.05) is 5.56 Å². The number of pyridine rings is 1. The van der Waals surface area contributed by atoms with Crippen LogP contribution in [0.5, 0.6) is 0 Å². The molecule has 1 heterocycles. The normalized spacial score (nSPS) is 9.90. The minimum absolute atomic E-state index is 0.389. The summed E-state index contributed by atoms with van der Waals surface area (Å²) in [5, 5.41) is 0. The van der Waals surface area contributed by atoms with Gasteiger partial charge < -0.3 is 0 Å². The molecule has 0 radical (unpaired) electrons. The van der Waals surface area contributed by atoms with Gasteiger partial charge in [-0.3, -0.25) is 0 Å². The van der Waals surface area contributed by atoms with Gasteiger partial charge in [-0.2, -0.15) is 4.39 Å². The third-order valence-corrected chi connectivity index (χ3v) is 1.97. The third-order valence-electron chi connectivity index (χ3n) is 1.04. The number of hydrogen-bond acceptors (Lipinski definition) is 1. The molecule has 0 fully saturated rings. The first kappa shape index (κ1) is 7.84. The summed E-state index contributed by atoms with van der Waals surface area (Å²) < 4.78 is 24.6. The zero-order valence-corrected chi connectivity index (χ0v) is 7.10. The van der Waals surface area contributed by atoms with Crippen molar-refractivity contribution in [1.82, 2.24) is 4.98 Å². The highest BCUT2D eigenvalue weighted by atomic mass is 127. The zero-order valence-electron chi connectivity index (χ0n) is 4.94. The van der Waals surface area contributed by atoms with Crippen molar-refractivity contribution in [3.05, 3.63) is 27.3 Å². The van der Waals surface area contributed by atoms with E-state index in [-0.39, 0.29) is 0 Å². The topological polar surface area (TPSA) is 12.9 Å². The summed E-state index contributed by atoms with van der Waals surface area (Å²) in [6, 6.07) is 2.54. The minimum atomic E-state index is -0.592. The Bertz CT molecular complexity index is 239. The molecule has 1 nitrogen and oxygen atoms in total. The Morgan fingerprint density at radius 2 is 2.20 bits per heavy atom. The lowest BCUT2D eigenvalue weighted by molar-refractivity contribution is 0.479. The van der Waals surface area contributed by atoms with Crippen molar-refractivity contribution in [1.29, 1.82) is 0 Å². The first-order valence-electron chi connectivity index (χ1n) is 2.61. The summed E-state index contributed by atoms with van der Waals surface area (Å²) in [6.45, 7) is -0.592. The summed E-state index contributed by atoms with van der Waals surface area (Å²) >= 11 is 1.79. The highest BCUT2D eigenvalue weighted by Gasteiger charge is 2.00. The molecule has 1 aromatic heterocycles. The van der Waals surface area contributed by atoms with Crippen LogP contribution in [0.1, 0.15) is 5.56 Å². The van der Waals surface area contributed by atoms with Gasteiger partial charge in [-0.25, -0.2) is 9.37 Å². The van der Waals surface area contributed by atoms with E-state index in [1.807, 2.05) is 0 Å². The first-order valence-corrected chi connectivity index (χ1v) is 3.69. The Hall–Kier alpha value is -0.260. The van der Waals surface area contributed by atoms with Crippen LogP contribution in [-0.2, 0) is 6.67 Å². The molecule has 0 N–H and O–H groups in total. The van der Waals surface area contributed by atoms with Crippen LogP contribution in [0.2, 0.25) is 0 Å². The Morgan fingerprint density at radius 3 is 2.70 bits per heavy atom. The van der Waals surface area contributed by atoms with Gasteiger partial charge in [0.05, 0.1) is 0 Å². The molecule has 0 aromatic carbocycles. The summed E-state index contributed by atoms with van der Waals surface area (Å²) in [5.74, 6) is -0.568. The van der Waals surface area contributed by atoms with Gasteiger partial charge in [-0.05, 0) is 34.7 Å². The molecule has 1 rings (SSSR count). The van der Waals surface area contributed by atoms with Crippen molar-refractivity contribution in [2.75, 3.05) is 0 Å². The van der Waals surface area contributed by atoms with Gasteiger partial charge >= 0.3 is 0 Å². The Labute approximate surface area is 70.6 Å². The smallest absolute Gasteiger partial charge is 0.213 e. The molecule has 0 bridgehead atoms. The molecule has 0 atom stereocenters. The monoisotopic (exact) mass is 255 g/mol. The number of rotatable bonds is 1. The summed E-state index contributed by atoms with van der Waals surface area (Å²) in [4.78, 5) is 3.42. The fourth-order valence-corrected chi connectivity index (χ4v) is 1.10. The van der Waals surface area contributed by atoms with Crippen molar-refractivity contribution in [3.63, 3.8) is 0 Å². The van der Waals surface area contributed by atoms with Gasteiger partial charge in [0.1, 0.15) is 10.4 Å². The molecule has 4 heteroatoms. The van der Waals surface area contributed by atoms with Crippen LogP contribution in [0, 0.1) is 9.65 Å². The van der Waals surface area contributed by atoms with Crippen LogP contribution in [-0.4, -0.2) is 4.98 Å². The average molecular weight is 255 g/mol. The van der Waals surface area contributed by atoms with E-state index < -0.39 is 12.6 Å². The molecule has 0 saturated heterocycles. The molecular weight excluding hydrogens is 251 g/mol. The van der Waals surface area contributed by atoms with Crippen molar-refractivity contribution < 1.29 is 8.78 Å². The quantitative estimate of drug-likeness (QED) is 0.554. The number of aromatic nitrogens is 1. The van der Waals surface area contributed by atoms with Crippen molar-refractivity contribution in [2.24, 2.45) is 0 Å². The second-order valence-corrected chi connectivity index (χ2v) is 2.74. The zero-order chi connectivity index (χ0) is 7.56. The second-order valence-electron chi connectivity index (χ2n) is 1.72. The molecule has 10 heavy (non-hydrogen) atoms. The molecule has 0 saturated carbocycles. The van der Waals surface area contributed by atoms with E-state index in [4.69, 9.17) is 0 Å². The van der Waals surface area contributed by atoms with E-state index in [2.05, 4.69) is 4.98 Å². The Kier molecular flexibility index (Phi) is 2.53. The van der Waals surface area contributed by atoms with Gasteiger partial charge in [-0.1, -0.05) is 0 Å². The van der Waals surface area contributed by atoms with E-state index in [9.17, 15) is 8.78 Å². The molecule has 0 aliphatic heterocycles. The number of hydrogen-bond donors (Lipinski definition) is 0. The van der Waals surface area contributed by atoms with Crippen molar-refractivity contribution >= 4 is 22.6 Å². The molecular formula is C6H4F2IN. The fraction of sp³-hybridized carbons (Fsp3) is 0.167. The summed E-state index contributed by atoms with van der Waals surface area (Å²) in [5.41, 5.74) is 0.432. The SMILES string of the molecule is FCc1ccc(F)nc1I. The molecule has 0 amide bonds. The third kappa shape index (κ3) is 1.62. The minimum Gasteiger partial charge on any atom is -0.246 e. The summed E-state index contributed by atoms with van der Waals surface area (Å²) in [7, 11) is 0. The van der Waals surface area contributed by atoms with Crippen LogP contribution < -0.4 is 0 Å². The van der Waals surface area contributed by atoms with E-state index >= 15 is 0 Å². The van der Waals surface area contributed by atoms with Crippen LogP contribution in [0.15, 0.2) is 12.1 Å². The first-order chi connectivity index (χ1) is 4.74. The average Bonchev–Trinajstić information content (AvgIpc) is 1.88. The highest BCUT2D eigenvalue weighted by Crippen LogP contribution is 2.10. The van der Waals surface area contributed by atoms with Gasteiger partial charge in [-0.15, -0.1) is 0 Å². The predicted octanol–water partition coefficient (Wildman–Crippen LogP) is 2.29. The van der Waals surface area contributed by atoms with Gasteiger partial charge in [0.2, 0.25) is 5.95 Å². The summed E-state index contributed by atoms with van der Waals surface area (Å²) in [6.07, 6.45) is 0.